The van der Waals surface area contributed by atoms with Crippen LogP contribution in [0.5, 0.6) is 0 Å². The molecule has 1 aromatic heterocycles. The first-order valence-corrected chi connectivity index (χ1v) is 6.19. The second kappa shape index (κ2) is 4.17. The molecule has 1 aliphatic carbocycles. The van der Waals surface area contributed by atoms with Crippen molar-refractivity contribution in [1.29, 1.82) is 0 Å². The van der Waals surface area contributed by atoms with Crippen LogP contribution in [-0.4, -0.2) is 21.3 Å². The van der Waals surface area contributed by atoms with Gasteiger partial charge in [0.15, 0.2) is 0 Å². The number of H-pyrrole nitrogens is 1. The van der Waals surface area contributed by atoms with Crippen molar-refractivity contribution in [1.82, 2.24) is 10.2 Å². The standard InChI is InChI=1S/C13H20N2O2/c1-13(2,3)12-11-8(7-10(16)17)5-4-6-9(11)14-15-12/h8H,4-7H2,1-3H3,(H,14,15)(H,16,17). The number of hydrogen-bond acceptors (Lipinski definition) is 2. The normalized spacial score (nSPS) is 20.1. The Morgan fingerprint density at radius 1 is 1.53 bits per heavy atom. The van der Waals surface area contributed by atoms with Crippen molar-refractivity contribution in [2.24, 2.45) is 0 Å². The van der Waals surface area contributed by atoms with E-state index < -0.39 is 5.97 Å². The summed E-state index contributed by atoms with van der Waals surface area (Å²) in [5, 5.41) is 16.5. The predicted octanol–water partition coefficient (Wildman–Crippen LogP) is 2.60. The number of hydrogen-bond donors (Lipinski definition) is 2. The lowest BCUT2D eigenvalue weighted by atomic mass is 9.78. The van der Waals surface area contributed by atoms with E-state index in [-0.39, 0.29) is 17.8 Å². The Kier molecular flexibility index (Phi) is 2.98. The highest BCUT2D eigenvalue weighted by molar-refractivity contribution is 5.68. The van der Waals surface area contributed by atoms with Gasteiger partial charge in [0.25, 0.3) is 0 Å². The molecule has 0 amide bonds. The number of nitrogens with one attached hydrogen (secondary N) is 1. The number of rotatable bonds is 2. The minimum absolute atomic E-state index is 0.0296. The maximum Gasteiger partial charge on any atom is 0.303 e. The van der Waals surface area contributed by atoms with Crippen molar-refractivity contribution in [3.63, 3.8) is 0 Å². The van der Waals surface area contributed by atoms with Gasteiger partial charge in [-0.25, -0.2) is 0 Å². The zero-order valence-corrected chi connectivity index (χ0v) is 10.7. The zero-order valence-electron chi connectivity index (χ0n) is 10.7. The molecule has 0 saturated carbocycles. The Labute approximate surface area is 101 Å². The molecule has 1 aromatic rings. The van der Waals surface area contributed by atoms with Crippen molar-refractivity contribution in [3.8, 4) is 0 Å². The predicted molar refractivity (Wildman–Crippen MR) is 65.2 cm³/mol. The number of fused-ring (bicyclic) bond motifs is 1. The number of aromatic amines is 1. The van der Waals surface area contributed by atoms with E-state index in [1.807, 2.05) is 0 Å². The van der Waals surface area contributed by atoms with Crippen LogP contribution in [0.25, 0.3) is 0 Å². The first kappa shape index (κ1) is 12.1. The summed E-state index contributed by atoms with van der Waals surface area (Å²) >= 11 is 0. The van der Waals surface area contributed by atoms with Crippen molar-refractivity contribution in [3.05, 3.63) is 17.0 Å². The Bertz CT molecular complexity index is 429. The molecule has 94 valence electrons. The quantitative estimate of drug-likeness (QED) is 0.829. The first-order valence-electron chi connectivity index (χ1n) is 6.19. The third kappa shape index (κ3) is 2.35. The molecule has 4 nitrogen and oxygen atoms in total. The first-order chi connectivity index (χ1) is 7.89. The van der Waals surface area contributed by atoms with Crippen LogP contribution in [0, 0.1) is 0 Å². The highest BCUT2D eigenvalue weighted by atomic mass is 16.4. The second-order valence-corrected chi connectivity index (χ2v) is 5.90. The van der Waals surface area contributed by atoms with E-state index in [1.54, 1.807) is 0 Å². The number of carboxylic acid groups (broad SMARTS) is 1. The third-order valence-corrected chi connectivity index (χ3v) is 3.40. The van der Waals surface area contributed by atoms with Gasteiger partial charge in [-0.15, -0.1) is 0 Å². The molecule has 0 aliphatic heterocycles. The number of nitrogens with zero attached hydrogens (tertiary/aromatic N) is 1. The summed E-state index contributed by atoms with van der Waals surface area (Å²) in [6.07, 6.45) is 3.22. The molecule has 1 heterocycles. The maximum absolute atomic E-state index is 10.9. The molecule has 0 aromatic carbocycles. The van der Waals surface area contributed by atoms with Crippen LogP contribution in [0.4, 0.5) is 0 Å². The summed E-state index contributed by atoms with van der Waals surface area (Å²) in [4.78, 5) is 10.9. The molecule has 1 atom stereocenters. The van der Waals surface area contributed by atoms with Crippen LogP contribution >= 0.6 is 0 Å². The summed E-state index contributed by atoms with van der Waals surface area (Å²) in [6.45, 7) is 6.36. The lowest BCUT2D eigenvalue weighted by Crippen LogP contribution is -2.20. The van der Waals surface area contributed by atoms with Gasteiger partial charge in [0, 0.05) is 16.7 Å². The van der Waals surface area contributed by atoms with Gasteiger partial charge in [0.1, 0.15) is 0 Å². The van der Waals surface area contributed by atoms with E-state index in [0.717, 1.165) is 30.7 Å². The van der Waals surface area contributed by atoms with E-state index in [2.05, 4.69) is 31.0 Å². The minimum Gasteiger partial charge on any atom is -0.481 e. The van der Waals surface area contributed by atoms with Crippen molar-refractivity contribution in [2.45, 2.75) is 57.8 Å². The Hall–Kier alpha value is -1.32. The van der Waals surface area contributed by atoms with Crippen molar-refractivity contribution in [2.75, 3.05) is 0 Å². The van der Waals surface area contributed by atoms with Crippen LogP contribution in [0.15, 0.2) is 0 Å². The third-order valence-electron chi connectivity index (χ3n) is 3.40. The minimum atomic E-state index is -0.719. The molecule has 0 bridgehead atoms. The lowest BCUT2D eigenvalue weighted by molar-refractivity contribution is -0.137. The summed E-state index contributed by atoms with van der Waals surface area (Å²) in [5.41, 5.74) is 3.33. The molecule has 1 aliphatic rings. The molecule has 4 heteroatoms. The SMILES string of the molecule is CC(C)(C)c1n[nH]c2c1C(CC(=O)O)CCC2. The molecule has 1 unspecified atom stereocenters. The summed E-state index contributed by atoms with van der Waals surface area (Å²) in [6, 6.07) is 0. The van der Waals surface area contributed by atoms with Gasteiger partial charge in [-0.1, -0.05) is 20.8 Å². The second-order valence-electron chi connectivity index (χ2n) is 5.90. The van der Waals surface area contributed by atoms with E-state index in [0.29, 0.717) is 0 Å². The smallest absolute Gasteiger partial charge is 0.303 e. The molecule has 0 spiro atoms. The molecular weight excluding hydrogens is 216 g/mol. The van der Waals surface area contributed by atoms with Crippen LogP contribution < -0.4 is 0 Å². The molecule has 17 heavy (non-hydrogen) atoms. The van der Waals surface area contributed by atoms with E-state index in [9.17, 15) is 4.79 Å². The zero-order chi connectivity index (χ0) is 12.6. The summed E-state index contributed by atoms with van der Waals surface area (Å²) < 4.78 is 0. The number of aryl methyl sites for hydroxylation is 1. The van der Waals surface area contributed by atoms with Crippen LogP contribution in [0.3, 0.4) is 0 Å². The van der Waals surface area contributed by atoms with Gasteiger partial charge in [-0.05, 0) is 25.2 Å². The number of carboxylic acids is 1. The topological polar surface area (TPSA) is 66.0 Å². The molecule has 0 saturated heterocycles. The lowest BCUT2D eigenvalue weighted by Gasteiger charge is -2.25. The average molecular weight is 236 g/mol. The largest absolute Gasteiger partial charge is 0.481 e. The van der Waals surface area contributed by atoms with Crippen LogP contribution in [-0.2, 0) is 16.6 Å². The van der Waals surface area contributed by atoms with Crippen molar-refractivity contribution >= 4 is 5.97 Å². The van der Waals surface area contributed by atoms with E-state index in [1.165, 1.54) is 5.56 Å². The Balaban J connectivity index is 2.40. The molecule has 2 N–H and O–H groups in total. The Morgan fingerprint density at radius 2 is 2.24 bits per heavy atom. The molecule has 0 radical (unpaired) electrons. The van der Waals surface area contributed by atoms with Crippen LogP contribution in [0.1, 0.15) is 62.9 Å². The Morgan fingerprint density at radius 3 is 2.82 bits per heavy atom. The summed E-state index contributed by atoms with van der Waals surface area (Å²) in [5.74, 6) is -0.590. The van der Waals surface area contributed by atoms with Gasteiger partial charge >= 0.3 is 5.97 Å². The molecule has 2 rings (SSSR count). The monoisotopic (exact) mass is 236 g/mol. The van der Waals surface area contributed by atoms with Gasteiger partial charge < -0.3 is 5.11 Å². The van der Waals surface area contributed by atoms with E-state index in [4.69, 9.17) is 5.11 Å². The fraction of sp³-hybridized carbons (Fsp3) is 0.692. The van der Waals surface area contributed by atoms with Gasteiger partial charge in [0.2, 0.25) is 0 Å². The van der Waals surface area contributed by atoms with E-state index >= 15 is 0 Å². The fourth-order valence-electron chi connectivity index (χ4n) is 2.67. The highest BCUT2D eigenvalue weighted by Crippen LogP contribution is 2.39. The van der Waals surface area contributed by atoms with Gasteiger partial charge in [-0.2, -0.15) is 5.10 Å². The highest BCUT2D eigenvalue weighted by Gasteiger charge is 2.32. The number of carbonyl (C=O) groups is 1. The van der Waals surface area contributed by atoms with Crippen molar-refractivity contribution < 1.29 is 9.90 Å². The number of aromatic nitrogens is 2. The maximum atomic E-state index is 10.9. The fourth-order valence-corrected chi connectivity index (χ4v) is 2.67. The molecule has 0 fully saturated rings. The van der Waals surface area contributed by atoms with Gasteiger partial charge in [0.05, 0.1) is 12.1 Å². The molecular formula is C13H20N2O2. The van der Waals surface area contributed by atoms with Crippen LogP contribution in [0.2, 0.25) is 0 Å². The number of aliphatic carboxylic acids is 1. The summed E-state index contributed by atoms with van der Waals surface area (Å²) in [7, 11) is 0. The van der Waals surface area contributed by atoms with Gasteiger partial charge in [-0.3, -0.25) is 9.89 Å². The average Bonchev–Trinajstić information content (AvgIpc) is 2.60.